The van der Waals surface area contributed by atoms with Crippen molar-refractivity contribution in [2.24, 2.45) is 0 Å². The van der Waals surface area contributed by atoms with Gasteiger partial charge in [-0.25, -0.2) is 14.2 Å². The maximum absolute atomic E-state index is 13.2. The quantitative estimate of drug-likeness (QED) is 0.655. The molecule has 0 spiro atoms. The fraction of sp³-hybridized carbons (Fsp3) is 0.238. The van der Waals surface area contributed by atoms with E-state index < -0.39 is 5.97 Å². The van der Waals surface area contributed by atoms with Gasteiger partial charge in [0.2, 0.25) is 0 Å². The van der Waals surface area contributed by atoms with Gasteiger partial charge in [0.1, 0.15) is 12.4 Å². The van der Waals surface area contributed by atoms with Gasteiger partial charge in [-0.2, -0.15) is 0 Å². The molecule has 1 fully saturated rings. The Labute approximate surface area is 150 Å². The van der Waals surface area contributed by atoms with Crippen molar-refractivity contribution in [1.82, 2.24) is 4.98 Å². The van der Waals surface area contributed by atoms with Crippen molar-refractivity contribution in [3.8, 4) is 11.3 Å². The summed E-state index contributed by atoms with van der Waals surface area (Å²) in [5.74, 6) is -0.715. The van der Waals surface area contributed by atoms with Gasteiger partial charge in [-0.15, -0.1) is 0 Å². The number of esters is 1. The normalized spacial score (nSPS) is 16.7. The molecule has 1 aliphatic rings. The molecule has 132 valence electrons. The van der Waals surface area contributed by atoms with Crippen LogP contribution < -0.4 is 0 Å². The first-order valence-corrected chi connectivity index (χ1v) is 8.65. The molecule has 0 N–H and O–H groups in total. The highest BCUT2D eigenvalue weighted by Gasteiger charge is 2.20. The van der Waals surface area contributed by atoms with Gasteiger partial charge in [-0.1, -0.05) is 18.2 Å². The Bertz CT molecular complexity index is 934. The standard InChI is InChI=1S/C21H18FNO3/c22-15-9-7-14(8-10-15)20-12-18(17-5-1-2-6-19(17)23-20)21(24)26-13-16-4-3-11-25-16/h1-2,5-10,12,16H,3-4,11,13H2/t16-/m1/s1. The van der Waals surface area contributed by atoms with Crippen molar-refractivity contribution in [2.45, 2.75) is 18.9 Å². The molecule has 4 nitrogen and oxygen atoms in total. The Kier molecular flexibility index (Phi) is 4.63. The lowest BCUT2D eigenvalue weighted by atomic mass is 10.0. The Morgan fingerprint density at radius 2 is 2.00 bits per heavy atom. The van der Waals surface area contributed by atoms with E-state index in [9.17, 15) is 9.18 Å². The van der Waals surface area contributed by atoms with Crippen LogP contribution in [0.2, 0.25) is 0 Å². The summed E-state index contributed by atoms with van der Waals surface area (Å²) < 4.78 is 24.2. The molecule has 1 atom stereocenters. The van der Waals surface area contributed by atoms with Crippen molar-refractivity contribution in [2.75, 3.05) is 13.2 Å². The van der Waals surface area contributed by atoms with E-state index in [1.54, 1.807) is 18.2 Å². The van der Waals surface area contributed by atoms with E-state index in [4.69, 9.17) is 9.47 Å². The SMILES string of the molecule is O=C(OC[C@H]1CCCO1)c1cc(-c2ccc(F)cc2)nc2ccccc12. The highest BCUT2D eigenvalue weighted by molar-refractivity contribution is 6.04. The highest BCUT2D eigenvalue weighted by atomic mass is 19.1. The summed E-state index contributed by atoms with van der Waals surface area (Å²) in [5.41, 5.74) is 2.49. The maximum Gasteiger partial charge on any atom is 0.338 e. The molecule has 2 heterocycles. The summed E-state index contributed by atoms with van der Waals surface area (Å²) in [5, 5.41) is 0.732. The Morgan fingerprint density at radius 3 is 2.77 bits per heavy atom. The smallest absolute Gasteiger partial charge is 0.338 e. The lowest BCUT2D eigenvalue weighted by molar-refractivity contribution is 0.0163. The summed E-state index contributed by atoms with van der Waals surface area (Å²) >= 11 is 0. The summed E-state index contributed by atoms with van der Waals surface area (Å²) in [6.45, 7) is 0.969. The summed E-state index contributed by atoms with van der Waals surface area (Å²) in [4.78, 5) is 17.3. The van der Waals surface area contributed by atoms with E-state index in [-0.39, 0.29) is 18.5 Å². The van der Waals surface area contributed by atoms with Gasteiger partial charge in [0.25, 0.3) is 0 Å². The van der Waals surface area contributed by atoms with Crippen LogP contribution in [-0.2, 0) is 9.47 Å². The summed E-state index contributed by atoms with van der Waals surface area (Å²) in [7, 11) is 0. The van der Waals surface area contributed by atoms with Crippen LogP contribution in [0.25, 0.3) is 22.2 Å². The molecule has 5 heteroatoms. The van der Waals surface area contributed by atoms with Crippen LogP contribution in [0.15, 0.2) is 54.6 Å². The molecule has 2 aromatic carbocycles. The van der Waals surface area contributed by atoms with Gasteiger partial charge in [0.15, 0.2) is 0 Å². The third-order valence-electron chi connectivity index (χ3n) is 4.50. The van der Waals surface area contributed by atoms with E-state index in [1.807, 2.05) is 24.3 Å². The number of nitrogens with zero attached hydrogens (tertiary/aromatic N) is 1. The molecule has 4 rings (SSSR count). The van der Waals surface area contributed by atoms with Crippen molar-refractivity contribution >= 4 is 16.9 Å². The Balaban J connectivity index is 1.69. The summed E-state index contributed by atoms with van der Waals surface area (Å²) in [6, 6.07) is 15.2. The average molecular weight is 351 g/mol. The molecule has 26 heavy (non-hydrogen) atoms. The Hall–Kier alpha value is -2.79. The zero-order valence-corrected chi connectivity index (χ0v) is 14.2. The minimum Gasteiger partial charge on any atom is -0.459 e. The predicted molar refractivity (Wildman–Crippen MR) is 96.4 cm³/mol. The van der Waals surface area contributed by atoms with Crippen LogP contribution in [-0.4, -0.2) is 30.3 Å². The number of hydrogen-bond acceptors (Lipinski definition) is 4. The molecule has 0 aliphatic carbocycles. The number of carbonyl (C=O) groups excluding carboxylic acids is 1. The van der Waals surface area contributed by atoms with Crippen LogP contribution in [0.5, 0.6) is 0 Å². The van der Waals surface area contributed by atoms with E-state index in [0.29, 0.717) is 16.8 Å². The van der Waals surface area contributed by atoms with Crippen LogP contribution in [0.4, 0.5) is 4.39 Å². The number of halogens is 1. The second-order valence-corrected chi connectivity index (χ2v) is 6.31. The molecule has 1 aliphatic heterocycles. The fourth-order valence-corrected chi connectivity index (χ4v) is 3.13. The van der Waals surface area contributed by atoms with Crippen molar-refractivity contribution < 1.29 is 18.7 Å². The van der Waals surface area contributed by atoms with Gasteiger partial charge in [-0.05, 0) is 49.2 Å². The number of para-hydroxylation sites is 1. The fourth-order valence-electron chi connectivity index (χ4n) is 3.13. The number of carbonyl (C=O) groups is 1. The minimum absolute atomic E-state index is 0.0244. The van der Waals surface area contributed by atoms with Crippen LogP contribution in [0, 0.1) is 5.82 Å². The molecule has 0 unspecified atom stereocenters. The molecule has 1 saturated heterocycles. The number of aromatic nitrogens is 1. The number of pyridine rings is 1. The molecule has 1 aromatic heterocycles. The summed E-state index contributed by atoms with van der Waals surface area (Å²) in [6.07, 6.45) is 1.88. The average Bonchev–Trinajstić information content (AvgIpc) is 3.19. The number of ether oxygens (including phenoxy) is 2. The molecule has 0 saturated carbocycles. The predicted octanol–water partition coefficient (Wildman–Crippen LogP) is 4.38. The molecule has 0 amide bonds. The third kappa shape index (κ3) is 3.44. The molecular formula is C21H18FNO3. The zero-order valence-electron chi connectivity index (χ0n) is 14.2. The second kappa shape index (κ2) is 7.22. The number of fused-ring (bicyclic) bond motifs is 1. The lowest BCUT2D eigenvalue weighted by Crippen LogP contribution is -2.18. The topological polar surface area (TPSA) is 48.4 Å². The Morgan fingerprint density at radius 1 is 1.19 bits per heavy atom. The first kappa shape index (κ1) is 16.7. The largest absolute Gasteiger partial charge is 0.459 e. The van der Waals surface area contributed by atoms with Crippen molar-refractivity contribution in [3.63, 3.8) is 0 Å². The van der Waals surface area contributed by atoms with E-state index in [2.05, 4.69) is 4.98 Å². The molecule has 0 bridgehead atoms. The van der Waals surface area contributed by atoms with Crippen molar-refractivity contribution in [3.05, 3.63) is 66.0 Å². The zero-order chi connectivity index (χ0) is 17.9. The van der Waals surface area contributed by atoms with Gasteiger partial charge in [0, 0.05) is 17.6 Å². The lowest BCUT2D eigenvalue weighted by Gasteiger charge is -2.12. The molecule has 3 aromatic rings. The van der Waals surface area contributed by atoms with Gasteiger partial charge >= 0.3 is 5.97 Å². The van der Waals surface area contributed by atoms with E-state index in [1.165, 1.54) is 12.1 Å². The number of rotatable bonds is 4. The monoisotopic (exact) mass is 351 g/mol. The van der Waals surface area contributed by atoms with Gasteiger partial charge < -0.3 is 9.47 Å². The minimum atomic E-state index is -0.400. The van der Waals surface area contributed by atoms with Crippen LogP contribution >= 0.6 is 0 Å². The van der Waals surface area contributed by atoms with Gasteiger partial charge in [-0.3, -0.25) is 0 Å². The van der Waals surface area contributed by atoms with Crippen LogP contribution in [0.1, 0.15) is 23.2 Å². The maximum atomic E-state index is 13.2. The second-order valence-electron chi connectivity index (χ2n) is 6.31. The van der Waals surface area contributed by atoms with Gasteiger partial charge in [0.05, 0.1) is 22.9 Å². The van der Waals surface area contributed by atoms with E-state index in [0.717, 1.165) is 30.4 Å². The van der Waals surface area contributed by atoms with Crippen molar-refractivity contribution in [1.29, 1.82) is 0 Å². The number of benzene rings is 2. The highest BCUT2D eigenvalue weighted by Crippen LogP contribution is 2.26. The molecule has 0 radical (unpaired) electrons. The first-order valence-electron chi connectivity index (χ1n) is 8.65. The third-order valence-corrected chi connectivity index (χ3v) is 4.50. The van der Waals surface area contributed by atoms with Crippen LogP contribution in [0.3, 0.4) is 0 Å². The molecular weight excluding hydrogens is 333 g/mol. The first-order chi connectivity index (χ1) is 12.7. The number of hydrogen-bond donors (Lipinski definition) is 0. The van der Waals surface area contributed by atoms with E-state index >= 15 is 0 Å².